The molecule has 2 atom stereocenters. The number of nitrogens with zero attached hydrogens (tertiary/aromatic N) is 2. The normalized spacial score (nSPS) is 24.6. The molecule has 1 amide bonds. The van der Waals surface area contributed by atoms with Gasteiger partial charge in [0.25, 0.3) is 0 Å². The second-order valence-corrected chi connectivity index (χ2v) is 9.48. The Hall–Kier alpha value is -1.97. The fourth-order valence-corrected chi connectivity index (χ4v) is 5.49. The van der Waals surface area contributed by atoms with Crippen LogP contribution in [0.5, 0.6) is 0 Å². The summed E-state index contributed by atoms with van der Waals surface area (Å²) in [5.41, 5.74) is 2.80. The van der Waals surface area contributed by atoms with Crippen LogP contribution in [0.25, 0.3) is 0 Å². The highest BCUT2D eigenvalue weighted by molar-refractivity contribution is 7.89. The number of nitrogens with one attached hydrogen (secondary N) is 1. The van der Waals surface area contributed by atoms with Crippen LogP contribution in [0.2, 0.25) is 0 Å². The molecule has 0 saturated carbocycles. The molecule has 28 heavy (non-hydrogen) atoms. The van der Waals surface area contributed by atoms with Crippen LogP contribution in [0.15, 0.2) is 35.2 Å². The first-order chi connectivity index (χ1) is 13.4. The Morgan fingerprint density at radius 2 is 1.79 bits per heavy atom. The number of amides is 1. The van der Waals surface area contributed by atoms with Gasteiger partial charge in [0.2, 0.25) is 15.9 Å². The number of carboxylic acids is 1. The van der Waals surface area contributed by atoms with E-state index >= 15 is 0 Å². The molecule has 2 heterocycles. The van der Waals surface area contributed by atoms with Gasteiger partial charge in [-0.05, 0) is 43.7 Å². The number of hydrogen-bond donors (Lipinski definition) is 2. The summed E-state index contributed by atoms with van der Waals surface area (Å²) in [6, 6.07) is 8.34. The van der Waals surface area contributed by atoms with Gasteiger partial charge in [-0.25, -0.2) is 13.4 Å². The van der Waals surface area contributed by atoms with E-state index in [0.717, 1.165) is 19.3 Å². The molecule has 2 unspecified atom stereocenters. The van der Waals surface area contributed by atoms with Gasteiger partial charge in [-0.15, -0.1) is 0 Å². The van der Waals surface area contributed by atoms with Crippen LogP contribution < -0.4 is 5.43 Å². The molecule has 0 aliphatic carbocycles. The number of rotatable bonds is 6. The minimum atomic E-state index is -3.55. The SMILES string of the molecule is O=C(CC1CCCN(S(=O)(=O)c2ccccc2)C1)NN1CCCC(C(=O)O)C1. The van der Waals surface area contributed by atoms with E-state index < -0.39 is 21.9 Å². The third-order valence-electron chi connectivity index (χ3n) is 5.39. The van der Waals surface area contributed by atoms with E-state index in [-0.39, 0.29) is 23.1 Å². The van der Waals surface area contributed by atoms with Crippen LogP contribution in [-0.4, -0.2) is 60.9 Å². The molecule has 8 nitrogen and oxygen atoms in total. The van der Waals surface area contributed by atoms with Gasteiger partial charge in [0, 0.05) is 32.6 Å². The van der Waals surface area contributed by atoms with E-state index in [1.54, 1.807) is 35.3 Å². The van der Waals surface area contributed by atoms with Crippen LogP contribution in [0.4, 0.5) is 0 Å². The third-order valence-corrected chi connectivity index (χ3v) is 7.27. The molecule has 2 saturated heterocycles. The fraction of sp³-hybridized carbons (Fsp3) is 0.579. The first-order valence-electron chi connectivity index (χ1n) is 9.68. The molecule has 154 valence electrons. The van der Waals surface area contributed by atoms with Crippen molar-refractivity contribution in [1.29, 1.82) is 0 Å². The standard InChI is InChI=1S/C19H27N3O5S/c23-18(20-21-10-5-7-16(14-21)19(24)25)12-15-6-4-11-22(13-15)28(26,27)17-8-2-1-3-9-17/h1-3,8-9,15-16H,4-7,10-14H2,(H,20,23)(H,24,25). The van der Waals surface area contributed by atoms with Gasteiger partial charge in [0.1, 0.15) is 0 Å². The lowest BCUT2D eigenvalue weighted by Gasteiger charge is -2.33. The van der Waals surface area contributed by atoms with Crippen LogP contribution in [0.3, 0.4) is 0 Å². The molecule has 9 heteroatoms. The summed E-state index contributed by atoms with van der Waals surface area (Å²) < 4.78 is 27.1. The molecule has 0 radical (unpaired) electrons. The van der Waals surface area contributed by atoms with Crippen LogP contribution in [0, 0.1) is 11.8 Å². The first-order valence-corrected chi connectivity index (χ1v) is 11.1. The van der Waals surface area contributed by atoms with Crippen molar-refractivity contribution < 1.29 is 23.1 Å². The van der Waals surface area contributed by atoms with Gasteiger partial charge in [0.05, 0.1) is 10.8 Å². The molecule has 2 aliphatic rings. The van der Waals surface area contributed by atoms with Gasteiger partial charge in [-0.3, -0.25) is 15.0 Å². The van der Waals surface area contributed by atoms with E-state index in [4.69, 9.17) is 5.11 Å². The summed E-state index contributed by atoms with van der Waals surface area (Å²) >= 11 is 0. The van der Waals surface area contributed by atoms with Gasteiger partial charge >= 0.3 is 5.97 Å². The van der Waals surface area contributed by atoms with Crippen molar-refractivity contribution in [1.82, 2.24) is 14.7 Å². The summed E-state index contributed by atoms with van der Waals surface area (Å²) in [5.74, 6) is -1.54. The summed E-state index contributed by atoms with van der Waals surface area (Å²) in [6.07, 6.45) is 3.09. The van der Waals surface area contributed by atoms with Crippen molar-refractivity contribution in [3.63, 3.8) is 0 Å². The number of aliphatic carboxylic acids is 1. The smallest absolute Gasteiger partial charge is 0.307 e. The highest BCUT2D eigenvalue weighted by Crippen LogP contribution is 2.25. The average molecular weight is 410 g/mol. The number of carbonyl (C=O) groups excluding carboxylic acids is 1. The molecular formula is C19H27N3O5S. The monoisotopic (exact) mass is 409 g/mol. The van der Waals surface area contributed by atoms with E-state index in [9.17, 15) is 18.0 Å². The fourth-order valence-electron chi connectivity index (χ4n) is 3.92. The van der Waals surface area contributed by atoms with Crippen LogP contribution in [-0.2, 0) is 19.6 Å². The Bertz CT molecular complexity index is 799. The highest BCUT2D eigenvalue weighted by Gasteiger charge is 2.32. The van der Waals surface area contributed by atoms with Crippen molar-refractivity contribution >= 4 is 21.9 Å². The van der Waals surface area contributed by atoms with Crippen molar-refractivity contribution in [3.8, 4) is 0 Å². The zero-order valence-electron chi connectivity index (χ0n) is 15.8. The highest BCUT2D eigenvalue weighted by atomic mass is 32.2. The number of hydrogen-bond acceptors (Lipinski definition) is 5. The Morgan fingerprint density at radius 1 is 1.07 bits per heavy atom. The molecule has 0 spiro atoms. The van der Waals surface area contributed by atoms with E-state index in [2.05, 4.69) is 5.43 Å². The summed E-state index contributed by atoms with van der Waals surface area (Å²) in [4.78, 5) is 23.8. The Labute approximate surface area is 165 Å². The Balaban J connectivity index is 1.55. The molecule has 2 fully saturated rings. The van der Waals surface area contributed by atoms with Gasteiger partial charge in [-0.1, -0.05) is 18.2 Å². The van der Waals surface area contributed by atoms with Gasteiger partial charge < -0.3 is 5.11 Å². The maximum Gasteiger partial charge on any atom is 0.307 e. The number of carboxylic acid groups (broad SMARTS) is 1. The molecular weight excluding hydrogens is 382 g/mol. The zero-order chi connectivity index (χ0) is 20.1. The van der Waals surface area contributed by atoms with Crippen molar-refractivity contribution in [2.24, 2.45) is 11.8 Å². The second kappa shape index (κ2) is 9.02. The van der Waals surface area contributed by atoms with Crippen molar-refractivity contribution in [2.45, 2.75) is 37.0 Å². The Kier molecular flexibility index (Phi) is 6.69. The molecule has 2 N–H and O–H groups in total. The van der Waals surface area contributed by atoms with Crippen molar-refractivity contribution in [2.75, 3.05) is 26.2 Å². The summed E-state index contributed by atoms with van der Waals surface area (Å²) in [6.45, 7) is 1.72. The summed E-state index contributed by atoms with van der Waals surface area (Å²) in [7, 11) is -3.55. The van der Waals surface area contributed by atoms with E-state index in [1.165, 1.54) is 4.31 Å². The van der Waals surface area contributed by atoms with Crippen LogP contribution in [0.1, 0.15) is 32.1 Å². The molecule has 0 aromatic heterocycles. The minimum absolute atomic E-state index is 0.0488. The van der Waals surface area contributed by atoms with Gasteiger partial charge in [0.15, 0.2) is 0 Å². The van der Waals surface area contributed by atoms with E-state index in [0.29, 0.717) is 32.6 Å². The number of piperidine rings is 2. The lowest BCUT2D eigenvalue weighted by molar-refractivity contribution is -0.145. The number of benzene rings is 1. The molecule has 3 rings (SSSR count). The molecule has 2 aliphatic heterocycles. The van der Waals surface area contributed by atoms with Crippen LogP contribution >= 0.6 is 0 Å². The maximum atomic E-state index is 12.8. The predicted octanol–water partition coefficient (Wildman–Crippen LogP) is 1.31. The number of sulfonamides is 1. The topological polar surface area (TPSA) is 107 Å². The van der Waals surface area contributed by atoms with Crippen molar-refractivity contribution in [3.05, 3.63) is 30.3 Å². The molecule has 0 bridgehead atoms. The number of hydrazine groups is 1. The minimum Gasteiger partial charge on any atom is -0.481 e. The second-order valence-electron chi connectivity index (χ2n) is 7.55. The van der Waals surface area contributed by atoms with E-state index in [1.807, 2.05) is 0 Å². The average Bonchev–Trinajstić information content (AvgIpc) is 2.69. The van der Waals surface area contributed by atoms with Gasteiger partial charge in [-0.2, -0.15) is 4.31 Å². The lowest BCUT2D eigenvalue weighted by atomic mass is 9.96. The first kappa shape index (κ1) is 20.8. The third kappa shape index (κ3) is 5.09. The molecule has 1 aromatic carbocycles. The largest absolute Gasteiger partial charge is 0.481 e. The number of carbonyl (C=O) groups is 2. The lowest BCUT2D eigenvalue weighted by Crippen LogP contribution is -2.50. The maximum absolute atomic E-state index is 12.8. The summed E-state index contributed by atoms with van der Waals surface area (Å²) in [5, 5.41) is 10.8. The molecule has 1 aromatic rings. The predicted molar refractivity (Wildman–Crippen MR) is 103 cm³/mol. The zero-order valence-corrected chi connectivity index (χ0v) is 16.6. The quantitative estimate of drug-likeness (QED) is 0.734. The Morgan fingerprint density at radius 3 is 2.50 bits per heavy atom.